The minimum atomic E-state index is -0.706. The summed E-state index contributed by atoms with van der Waals surface area (Å²) < 4.78 is 16.7. The summed E-state index contributed by atoms with van der Waals surface area (Å²) in [4.78, 5) is 0. The van der Waals surface area contributed by atoms with E-state index >= 15 is 0 Å². The fraction of sp³-hybridized carbons (Fsp3) is 0.111. The van der Waals surface area contributed by atoms with Crippen molar-refractivity contribution in [3.05, 3.63) is 29.6 Å². The third-order valence-electron chi connectivity index (χ3n) is 1.54. The summed E-state index contributed by atoms with van der Waals surface area (Å²) in [6, 6.07) is 4.85. The van der Waals surface area contributed by atoms with Crippen LogP contribution in [-0.2, 0) is 0 Å². The first-order valence-electron chi connectivity index (χ1n) is 3.67. The van der Waals surface area contributed by atoms with Crippen LogP contribution >= 0.6 is 8.89 Å². The number of phenolic OH excluding ortho intramolecular Hbond substituents is 1. The second-order valence-corrected chi connectivity index (χ2v) is 2.93. The van der Waals surface area contributed by atoms with Crippen LogP contribution < -0.4 is 4.74 Å². The second-order valence-electron chi connectivity index (χ2n) is 2.37. The van der Waals surface area contributed by atoms with Crippen molar-refractivity contribution >= 4 is 15.0 Å². The fourth-order valence-corrected chi connectivity index (χ4v) is 1.18. The molecule has 0 aliphatic carbocycles. The van der Waals surface area contributed by atoms with Gasteiger partial charge in [0.15, 0.2) is 11.5 Å². The Hall–Kier alpha value is -1.08. The zero-order valence-electron chi connectivity index (χ0n) is 7.12. The highest BCUT2D eigenvalue weighted by atomic mass is 31.1. The molecule has 0 spiro atoms. The van der Waals surface area contributed by atoms with Crippen molar-refractivity contribution in [2.75, 3.05) is 7.11 Å². The van der Waals surface area contributed by atoms with Crippen molar-refractivity contribution in [2.45, 2.75) is 0 Å². The number of hydrogen-bond acceptors (Lipinski definition) is 2. The Morgan fingerprint density at radius 1 is 1.54 bits per heavy atom. The van der Waals surface area contributed by atoms with Crippen LogP contribution in [-0.4, -0.2) is 12.2 Å². The molecule has 1 N–H and O–H groups in total. The van der Waals surface area contributed by atoms with Crippen LogP contribution in [0.1, 0.15) is 5.56 Å². The lowest BCUT2D eigenvalue weighted by molar-refractivity contribution is 0.373. The number of hydrogen-bond donors (Lipinski definition) is 1. The van der Waals surface area contributed by atoms with Crippen LogP contribution in [0.25, 0.3) is 6.08 Å². The van der Waals surface area contributed by atoms with Crippen LogP contribution in [0, 0.1) is 0 Å². The maximum atomic E-state index is 11.8. The largest absolute Gasteiger partial charge is 0.504 e. The van der Waals surface area contributed by atoms with Gasteiger partial charge in [0.05, 0.1) is 16.0 Å². The van der Waals surface area contributed by atoms with E-state index < -0.39 is 8.89 Å². The van der Waals surface area contributed by atoms with Gasteiger partial charge >= 0.3 is 0 Å². The number of rotatable bonds is 3. The van der Waals surface area contributed by atoms with Crippen LogP contribution in [0.4, 0.5) is 4.20 Å². The second kappa shape index (κ2) is 4.83. The van der Waals surface area contributed by atoms with E-state index in [9.17, 15) is 9.30 Å². The molecule has 0 radical (unpaired) electrons. The number of methoxy groups -OCH3 is 1. The highest BCUT2D eigenvalue weighted by molar-refractivity contribution is 7.35. The maximum absolute atomic E-state index is 11.8. The van der Waals surface area contributed by atoms with Gasteiger partial charge in [-0.3, -0.25) is 0 Å². The average molecular weight is 200 g/mol. The topological polar surface area (TPSA) is 29.5 Å². The molecule has 0 amide bonds. The summed E-state index contributed by atoms with van der Waals surface area (Å²) in [6.45, 7) is 0. The van der Waals surface area contributed by atoms with Crippen molar-refractivity contribution in [3.63, 3.8) is 0 Å². The van der Waals surface area contributed by atoms with E-state index in [-0.39, 0.29) is 5.75 Å². The molecular formula is C9H10FO2P. The Balaban J connectivity index is 2.92. The van der Waals surface area contributed by atoms with Gasteiger partial charge in [-0.2, -0.15) is 0 Å². The summed E-state index contributed by atoms with van der Waals surface area (Å²) in [5, 5.41) is 9.24. The lowest BCUT2D eigenvalue weighted by Crippen LogP contribution is -1.83. The molecule has 13 heavy (non-hydrogen) atoms. The first-order chi connectivity index (χ1) is 6.27. The molecule has 1 rings (SSSR count). The number of halogens is 1. The third-order valence-corrected chi connectivity index (χ3v) is 1.84. The third kappa shape index (κ3) is 2.71. The summed E-state index contributed by atoms with van der Waals surface area (Å²) in [5.41, 5.74) is 0.805. The molecule has 0 aliphatic heterocycles. The summed E-state index contributed by atoms with van der Waals surface area (Å²) in [5.74, 6) is 1.90. The molecule has 1 atom stereocenters. The van der Waals surface area contributed by atoms with Gasteiger partial charge in [-0.05, 0) is 23.5 Å². The lowest BCUT2D eigenvalue weighted by atomic mass is 10.2. The minimum Gasteiger partial charge on any atom is -0.504 e. The van der Waals surface area contributed by atoms with Gasteiger partial charge < -0.3 is 9.84 Å². The van der Waals surface area contributed by atoms with Gasteiger partial charge in [0.1, 0.15) is 0 Å². The number of aromatic hydroxyl groups is 1. The van der Waals surface area contributed by atoms with Crippen LogP contribution in [0.15, 0.2) is 24.0 Å². The summed E-state index contributed by atoms with van der Waals surface area (Å²) in [6.07, 6.45) is 1.64. The van der Waals surface area contributed by atoms with Gasteiger partial charge in [0.25, 0.3) is 0 Å². The Kier molecular flexibility index (Phi) is 3.71. The van der Waals surface area contributed by atoms with Crippen molar-refractivity contribution in [1.29, 1.82) is 0 Å². The van der Waals surface area contributed by atoms with Crippen molar-refractivity contribution in [2.24, 2.45) is 0 Å². The SMILES string of the molecule is COc1cc(/C=C/PF)ccc1O. The van der Waals surface area contributed by atoms with Gasteiger partial charge in [-0.25, -0.2) is 4.20 Å². The molecule has 1 unspecified atom stereocenters. The van der Waals surface area contributed by atoms with Crippen molar-refractivity contribution in [3.8, 4) is 11.5 Å². The molecule has 0 aromatic heterocycles. The van der Waals surface area contributed by atoms with E-state index in [4.69, 9.17) is 4.74 Å². The molecule has 0 aliphatic rings. The first kappa shape index (κ1) is 10.0. The molecular weight excluding hydrogens is 190 g/mol. The zero-order valence-corrected chi connectivity index (χ0v) is 8.12. The molecule has 70 valence electrons. The summed E-state index contributed by atoms with van der Waals surface area (Å²) in [7, 11) is 0.766. The lowest BCUT2D eigenvalue weighted by Gasteiger charge is -2.03. The molecule has 0 fully saturated rings. The first-order valence-corrected chi connectivity index (χ1v) is 4.63. The molecule has 1 aromatic carbocycles. The number of phenols is 1. The Labute approximate surface area is 77.9 Å². The molecule has 0 saturated carbocycles. The smallest absolute Gasteiger partial charge is 0.161 e. The van der Waals surface area contributed by atoms with E-state index in [0.29, 0.717) is 5.75 Å². The monoisotopic (exact) mass is 200 g/mol. The number of benzene rings is 1. The highest BCUT2D eigenvalue weighted by Crippen LogP contribution is 2.27. The van der Waals surface area contributed by atoms with Gasteiger partial charge in [-0.15, -0.1) is 0 Å². The van der Waals surface area contributed by atoms with Crippen LogP contribution in [0.5, 0.6) is 11.5 Å². The summed E-state index contributed by atoms with van der Waals surface area (Å²) >= 11 is 0. The van der Waals surface area contributed by atoms with E-state index in [1.165, 1.54) is 19.0 Å². The maximum Gasteiger partial charge on any atom is 0.161 e. The number of ether oxygens (including phenoxy) is 1. The fourth-order valence-electron chi connectivity index (χ4n) is 0.926. The van der Waals surface area contributed by atoms with Crippen LogP contribution in [0.3, 0.4) is 0 Å². The Morgan fingerprint density at radius 3 is 2.92 bits per heavy atom. The molecule has 4 heteroatoms. The quantitative estimate of drug-likeness (QED) is 0.760. The van der Waals surface area contributed by atoms with E-state index in [1.54, 1.807) is 18.2 Å². The standard InChI is InChI=1S/C9H10FO2P/c1-12-9-6-7(4-5-13-10)2-3-8(9)11/h2-6,11,13H,1H3/b5-4+. The minimum absolute atomic E-state index is 0.0855. The Bertz CT molecular complexity index is 312. The van der Waals surface area contributed by atoms with Gasteiger partial charge in [-0.1, -0.05) is 12.1 Å². The van der Waals surface area contributed by atoms with Crippen molar-refractivity contribution < 1.29 is 14.0 Å². The normalized spacial score (nSPS) is 11.5. The average Bonchev–Trinajstić information content (AvgIpc) is 2.16. The van der Waals surface area contributed by atoms with E-state index in [1.807, 2.05) is 0 Å². The zero-order chi connectivity index (χ0) is 9.68. The molecule has 0 heterocycles. The highest BCUT2D eigenvalue weighted by Gasteiger charge is 1.99. The van der Waals surface area contributed by atoms with Crippen molar-refractivity contribution in [1.82, 2.24) is 0 Å². The molecule has 0 saturated heterocycles. The molecule has 1 aromatic rings. The van der Waals surface area contributed by atoms with E-state index in [0.717, 1.165) is 5.56 Å². The van der Waals surface area contributed by atoms with Crippen LogP contribution in [0.2, 0.25) is 0 Å². The van der Waals surface area contributed by atoms with E-state index in [2.05, 4.69) is 0 Å². The van der Waals surface area contributed by atoms with Gasteiger partial charge in [0.2, 0.25) is 0 Å². The predicted molar refractivity (Wildman–Crippen MR) is 53.1 cm³/mol. The van der Waals surface area contributed by atoms with Gasteiger partial charge in [0, 0.05) is 0 Å². The molecule has 2 nitrogen and oxygen atoms in total. The predicted octanol–water partition coefficient (Wildman–Crippen LogP) is 2.93. The molecule has 0 bridgehead atoms. The Morgan fingerprint density at radius 2 is 2.31 bits per heavy atom.